The van der Waals surface area contributed by atoms with Gasteiger partial charge in [-0.25, -0.2) is 4.39 Å². The quantitative estimate of drug-likeness (QED) is 0.912. The molecule has 0 radical (unpaired) electrons. The van der Waals surface area contributed by atoms with Crippen LogP contribution < -0.4 is 5.32 Å². The van der Waals surface area contributed by atoms with Gasteiger partial charge in [-0.1, -0.05) is 13.8 Å². The Morgan fingerprint density at radius 3 is 2.60 bits per heavy atom. The Labute approximate surface area is 119 Å². The number of rotatable bonds is 5. The summed E-state index contributed by atoms with van der Waals surface area (Å²) in [6, 6.07) is 5.62. The van der Waals surface area contributed by atoms with Crippen LogP contribution in [0.25, 0.3) is 0 Å². The number of hydrogen-bond acceptors (Lipinski definition) is 3. The third-order valence-electron chi connectivity index (χ3n) is 3.15. The molecule has 1 atom stereocenters. The van der Waals surface area contributed by atoms with Crippen molar-refractivity contribution in [3.8, 4) is 0 Å². The Kier molecular flexibility index (Phi) is 4.49. The Bertz CT molecular complexity index is 560. The van der Waals surface area contributed by atoms with E-state index in [-0.39, 0.29) is 11.9 Å². The van der Waals surface area contributed by atoms with Crippen molar-refractivity contribution in [2.45, 2.75) is 39.3 Å². The van der Waals surface area contributed by atoms with Crippen LogP contribution in [0, 0.1) is 12.7 Å². The normalized spacial score (nSPS) is 12.9. The van der Waals surface area contributed by atoms with Gasteiger partial charge in [0.1, 0.15) is 5.82 Å². The Hall–Kier alpha value is -1.75. The number of nitrogens with zero attached hydrogens (tertiary/aromatic N) is 3. The number of aromatic nitrogens is 3. The molecule has 20 heavy (non-hydrogen) atoms. The highest BCUT2D eigenvalue weighted by Crippen LogP contribution is 2.18. The monoisotopic (exact) mass is 276 g/mol. The molecule has 0 bridgehead atoms. The first-order valence-corrected chi connectivity index (χ1v) is 6.82. The third kappa shape index (κ3) is 3.63. The van der Waals surface area contributed by atoms with Crippen LogP contribution in [0.1, 0.15) is 37.0 Å². The standard InChI is InChI=1S/C15H21FN4/c1-10(2)18-15(14-6-5-12(16)9-17-14)8-13-7-11(3)19-20(13)4/h5-7,9-10,15,18H,8H2,1-4H3. The molecule has 0 aliphatic heterocycles. The number of nitrogens with one attached hydrogen (secondary N) is 1. The number of pyridine rings is 1. The molecular formula is C15H21FN4. The topological polar surface area (TPSA) is 42.7 Å². The smallest absolute Gasteiger partial charge is 0.141 e. The van der Waals surface area contributed by atoms with Gasteiger partial charge in [0.2, 0.25) is 0 Å². The first kappa shape index (κ1) is 14.7. The number of hydrogen-bond donors (Lipinski definition) is 1. The van der Waals surface area contributed by atoms with Crippen LogP contribution in [-0.2, 0) is 13.5 Å². The van der Waals surface area contributed by atoms with Gasteiger partial charge in [0.25, 0.3) is 0 Å². The van der Waals surface area contributed by atoms with E-state index >= 15 is 0 Å². The van der Waals surface area contributed by atoms with Crippen LogP contribution in [0.15, 0.2) is 24.4 Å². The van der Waals surface area contributed by atoms with Gasteiger partial charge < -0.3 is 5.32 Å². The molecule has 4 nitrogen and oxygen atoms in total. The minimum absolute atomic E-state index is 0.0467. The summed E-state index contributed by atoms with van der Waals surface area (Å²) in [5.41, 5.74) is 2.98. The van der Waals surface area contributed by atoms with Gasteiger partial charge in [0.05, 0.1) is 23.6 Å². The van der Waals surface area contributed by atoms with Gasteiger partial charge in [-0.05, 0) is 25.1 Å². The van der Waals surface area contributed by atoms with Gasteiger partial charge in [-0.3, -0.25) is 9.67 Å². The number of aryl methyl sites for hydroxylation is 2. The molecule has 0 amide bonds. The maximum Gasteiger partial charge on any atom is 0.141 e. The lowest BCUT2D eigenvalue weighted by molar-refractivity contribution is 0.454. The fourth-order valence-corrected chi connectivity index (χ4v) is 2.31. The van der Waals surface area contributed by atoms with Crippen LogP contribution in [-0.4, -0.2) is 20.8 Å². The summed E-state index contributed by atoms with van der Waals surface area (Å²) in [6.07, 6.45) is 2.03. The lowest BCUT2D eigenvalue weighted by Crippen LogP contribution is -2.30. The van der Waals surface area contributed by atoms with E-state index in [1.54, 1.807) is 6.07 Å². The molecule has 0 aliphatic carbocycles. The summed E-state index contributed by atoms with van der Waals surface area (Å²) >= 11 is 0. The summed E-state index contributed by atoms with van der Waals surface area (Å²) in [6.45, 7) is 6.15. The molecule has 2 heterocycles. The van der Waals surface area contributed by atoms with E-state index in [9.17, 15) is 4.39 Å². The first-order valence-electron chi connectivity index (χ1n) is 6.82. The maximum atomic E-state index is 13.0. The molecule has 2 aromatic rings. The number of halogens is 1. The second-order valence-corrected chi connectivity index (χ2v) is 5.38. The van der Waals surface area contributed by atoms with E-state index in [1.165, 1.54) is 12.3 Å². The second kappa shape index (κ2) is 6.13. The predicted octanol–water partition coefficient (Wildman–Crippen LogP) is 2.54. The molecule has 108 valence electrons. The van der Waals surface area contributed by atoms with Crippen LogP contribution in [0.3, 0.4) is 0 Å². The molecular weight excluding hydrogens is 255 g/mol. The summed E-state index contributed by atoms with van der Waals surface area (Å²) in [4.78, 5) is 4.20. The van der Waals surface area contributed by atoms with Crippen molar-refractivity contribution < 1.29 is 4.39 Å². The van der Waals surface area contributed by atoms with E-state index in [0.717, 1.165) is 23.5 Å². The Morgan fingerprint density at radius 1 is 1.35 bits per heavy atom. The lowest BCUT2D eigenvalue weighted by atomic mass is 10.1. The highest BCUT2D eigenvalue weighted by atomic mass is 19.1. The van der Waals surface area contributed by atoms with Gasteiger partial charge in [-0.2, -0.15) is 5.10 Å². The molecule has 5 heteroatoms. The average molecular weight is 276 g/mol. The largest absolute Gasteiger partial charge is 0.306 e. The van der Waals surface area contributed by atoms with Crippen molar-refractivity contribution >= 4 is 0 Å². The van der Waals surface area contributed by atoms with Crippen molar-refractivity contribution in [3.05, 3.63) is 47.3 Å². The fraction of sp³-hybridized carbons (Fsp3) is 0.467. The highest BCUT2D eigenvalue weighted by molar-refractivity contribution is 5.16. The minimum atomic E-state index is -0.312. The highest BCUT2D eigenvalue weighted by Gasteiger charge is 2.17. The molecule has 0 spiro atoms. The SMILES string of the molecule is Cc1cc(CC(NC(C)C)c2ccc(F)cn2)n(C)n1. The zero-order chi connectivity index (χ0) is 14.7. The summed E-state index contributed by atoms with van der Waals surface area (Å²) in [7, 11) is 1.94. The first-order chi connectivity index (χ1) is 9.45. The molecule has 1 N–H and O–H groups in total. The Balaban J connectivity index is 2.23. The summed E-state index contributed by atoms with van der Waals surface area (Å²) in [5, 5.41) is 7.83. The lowest BCUT2D eigenvalue weighted by Gasteiger charge is -2.21. The average Bonchev–Trinajstić information content (AvgIpc) is 2.67. The molecule has 2 rings (SSSR count). The van der Waals surface area contributed by atoms with E-state index in [0.29, 0.717) is 6.04 Å². The van der Waals surface area contributed by atoms with Crippen molar-refractivity contribution in [2.24, 2.45) is 7.05 Å². The Morgan fingerprint density at radius 2 is 2.10 bits per heavy atom. The van der Waals surface area contributed by atoms with E-state index in [1.807, 2.05) is 18.7 Å². The van der Waals surface area contributed by atoms with Crippen molar-refractivity contribution in [3.63, 3.8) is 0 Å². The molecule has 0 fully saturated rings. The van der Waals surface area contributed by atoms with Crippen molar-refractivity contribution in [2.75, 3.05) is 0 Å². The van der Waals surface area contributed by atoms with Crippen LogP contribution in [0.4, 0.5) is 4.39 Å². The van der Waals surface area contributed by atoms with Gasteiger partial charge in [0, 0.05) is 25.2 Å². The van der Waals surface area contributed by atoms with Crippen molar-refractivity contribution in [1.29, 1.82) is 0 Å². The molecule has 0 saturated carbocycles. The van der Waals surface area contributed by atoms with Crippen LogP contribution >= 0.6 is 0 Å². The zero-order valence-corrected chi connectivity index (χ0v) is 12.4. The van der Waals surface area contributed by atoms with Gasteiger partial charge >= 0.3 is 0 Å². The molecule has 1 unspecified atom stereocenters. The van der Waals surface area contributed by atoms with Crippen LogP contribution in [0.5, 0.6) is 0 Å². The summed E-state index contributed by atoms with van der Waals surface area (Å²) < 4.78 is 14.9. The van der Waals surface area contributed by atoms with Crippen LogP contribution in [0.2, 0.25) is 0 Å². The summed E-state index contributed by atoms with van der Waals surface area (Å²) in [5.74, 6) is -0.312. The predicted molar refractivity (Wildman–Crippen MR) is 76.9 cm³/mol. The van der Waals surface area contributed by atoms with Gasteiger partial charge in [0.15, 0.2) is 0 Å². The third-order valence-corrected chi connectivity index (χ3v) is 3.15. The zero-order valence-electron chi connectivity index (χ0n) is 12.4. The van der Waals surface area contributed by atoms with Gasteiger partial charge in [-0.15, -0.1) is 0 Å². The molecule has 2 aromatic heterocycles. The second-order valence-electron chi connectivity index (χ2n) is 5.38. The molecule has 0 saturated heterocycles. The van der Waals surface area contributed by atoms with E-state index < -0.39 is 0 Å². The minimum Gasteiger partial charge on any atom is -0.306 e. The van der Waals surface area contributed by atoms with E-state index in [4.69, 9.17) is 0 Å². The molecule has 0 aromatic carbocycles. The maximum absolute atomic E-state index is 13.0. The fourth-order valence-electron chi connectivity index (χ4n) is 2.31. The molecule has 0 aliphatic rings. The van der Waals surface area contributed by atoms with E-state index in [2.05, 4.69) is 35.3 Å². The van der Waals surface area contributed by atoms with Crippen molar-refractivity contribution in [1.82, 2.24) is 20.1 Å².